The molecule has 2 aromatic heterocycles. The van der Waals surface area contributed by atoms with Gasteiger partial charge in [-0.25, -0.2) is 0 Å². The standard InChI is InChI=1S/C7H7N3O/c11-4-5-1-6-7(8-2-5)3-9-10-6/h1-3,11H,4H2,(H,9,10). The Bertz CT molecular complexity index is 368. The summed E-state index contributed by atoms with van der Waals surface area (Å²) in [5.41, 5.74) is 2.47. The van der Waals surface area contributed by atoms with E-state index in [9.17, 15) is 0 Å². The molecule has 56 valence electrons. The fraction of sp³-hybridized carbons (Fsp3) is 0.143. The van der Waals surface area contributed by atoms with Gasteiger partial charge in [-0.2, -0.15) is 5.10 Å². The van der Waals surface area contributed by atoms with E-state index in [2.05, 4.69) is 15.2 Å². The smallest absolute Gasteiger partial charge is 0.108 e. The molecule has 0 atom stereocenters. The molecule has 0 saturated carbocycles. The van der Waals surface area contributed by atoms with Crippen molar-refractivity contribution in [2.75, 3.05) is 0 Å². The van der Waals surface area contributed by atoms with Crippen LogP contribution in [0.15, 0.2) is 18.5 Å². The van der Waals surface area contributed by atoms with Crippen molar-refractivity contribution in [3.8, 4) is 0 Å². The first-order chi connectivity index (χ1) is 5.40. The highest BCUT2D eigenvalue weighted by molar-refractivity contribution is 5.73. The lowest BCUT2D eigenvalue weighted by Crippen LogP contribution is -1.84. The van der Waals surface area contributed by atoms with E-state index in [1.165, 1.54) is 0 Å². The molecule has 2 heterocycles. The lowest BCUT2D eigenvalue weighted by molar-refractivity contribution is 0.281. The quantitative estimate of drug-likeness (QED) is 0.618. The second kappa shape index (κ2) is 2.32. The molecule has 0 radical (unpaired) electrons. The van der Waals surface area contributed by atoms with Crippen molar-refractivity contribution in [2.45, 2.75) is 6.61 Å². The van der Waals surface area contributed by atoms with E-state index >= 15 is 0 Å². The summed E-state index contributed by atoms with van der Waals surface area (Å²) >= 11 is 0. The number of pyridine rings is 1. The van der Waals surface area contributed by atoms with Gasteiger partial charge in [0.1, 0.15) is 5.52 Å². The molecule has 0 unspecified atom stereocenters. The number of aromatic amines is 1. The number of nitrogens with zero attached hydrogens (tertiary/aromatic N) is 2. The number of nitrogens with one attached hydrogen (secondary N) is 1. The molecule has 2 rings (SSSR count). The van der Waals surface area contributed by atoms with Gasteiger partial charge in [0.05, 0.1) is 18.3 Å². The molecule has 0 aliphatic carbocycles. The zero-order valence-corrected chi connectivity index (χ0v) is 5.78. The molecule has 2 aromatic rings. The van der Waals surface area contributed by atoms with Crippen LogP contribution in [0.2, 0.25) is 0 Å². The molecule has 0 saturated heterocycles. The Morgan fingerprint density at radius 3 is 3.18 bits per heavy atom. The van der Waals surface area contributed by atoms with Crippen molar-refractivity contribution in [2.24, 2.45) is 0 Å². The Kier molecular flexibility index (Phi) is 1.33. The van der Waals surface area contributed by atoms with Crippen molar-refractivity contribution in [1.29, 1.82) is 0 Å². The minimum atomic E-state index is 0.0158. The van der Waals surface area contributed by atoms with Gasteiger partial charge in [0.15, 0.2) is 0 Å². The highest BCUT2D eigenvalue weighted by Gasteiger charge is 1.96. The first-order valence-electron chi connectivity index (χ1n) is 3.29. The van der Waals surface area contributed by atoms with Crippen LogP contribution in [0.1, 0.15) is 5.56 Å². The molecule has 0 aliphatic rings. The van der Waals surface area contributed by atoms with Gasteiger partial charge in [0.2, 0.25) is 0 Å². The maximum atomic E-state index is 8.76. The number of aliphatic hydroxyl groups is 1. The van der Waals surface area contributed by atoms with Crippen LogP contribution < -0.4 is 0 Å². The topological polar surface area (TPSA) is 61.8 Å². The Labute approximate surface area is 62.9 Å². The molecule has 0 bridgehead atoms. The monoisotopic (exact) mass is 149 g/mol. The van der Waals surface area contributed by atoms with Crippen molar-refractivity contribution >= 4 is 11.0 Å². The molecule has 2 N–H and O–H groups in total. The summed E-state index contributed by atoms with van der Waals surface area (Å²) in [7, 11) is 0. The van der Waals surface area contributed by atoms with E-state index in [1.807, 2.05) is 6.07 Å². The summed E-state index contributed by atoms with van der Waals surface area (Å²) in [6.07, 6.45) is 3.29. The molecule has 0 aromatic carbocycles. The average molecular weight is 149 g/mol. The van der Waals surface area contributed by atoms with Crippen molar-refractivity contribution in [1.82, 2.24) is 15.2 Å². The minimum absolute atomic E-state index is 0.0158. The first kappa shape index (κ1) is 6.30. The van der Waals surface area contributed by atoms with Crippen molar-refractivity contribution in [3.63, 3.8) is 0 Å². The second-order valence-corrected chi connectivity index (χ2v) is 2.30. The number of rotatable bonds is 1. The molecule has 0 amide bonds. The third-order valence-electron chi connectivity index (χ3n) is 1.53. The van der Waals surface area contributed by atoms with Gasteiger partial charge in [-0.3, -0.25) is 10.1 Å². The van der Waals surface area contributed by atoms with E-state index in [1.54, 1.807) is 12.4 Å². The van der Waals surface area contributed by atoms with E-state index in [4.69, 9.17) is 5.11 Å². The highest BCUT2D eigenvalue weighted by Crippen LogP contribution is 2.08. The molecule has 4 heteroatoms. The molecule has 0 aliphatic heterocycles. The van der Waals surface area contributed by atoms with Crippen molar-refractivity contribution in [3.05, 3.63) is 24.0 Å². The summed E-state index contributed by atoms with van der Waals surface area (Å²) < 4.78 is 0. The summed E-state index contributed by atoms with van der Waals surface area (Å²) in [6.45, 7) is 0.0158. The van der Waals surface area contributed by atoms with E-state index in [0.717, 1.165) is 16.6 Å². The van der Waals surface area contributed by atoms with Crippen LogP contribution in [0.5, 0.6) is 0 Å². The van der Waals surface area contributed by atoms with Gasteiger partial charge < -0.3 is 5.11 Å². The normalized spacial score (nSPS) is 10.6. The maximum absolute atomic E-state index is 8.76. The van der Waals surface area contributed by atoms with Crippen LogP contribution in [-0.4, -0.2) is 20.3 Å². The maximum Gasteiger partial charge on any atom is 0.108 e. The zero-order valence-electron chi connectivity index (χ0n) is 5.78. The fourth-order valence-electron chi connectivity index (χ4n) is 0.960. The van der Waals surface area contributed by atoms with Gasteiger partial charge in [-0.05, 0) is 11.6 Å². The number of hydrogen-bond donors (Lipinski definition) is 2. The average Bonchev–Trinajstić information content (AvgIpc) is 2.50. The highest BCUT2D eigenvalue weighted by atomic mass is 16.3. The largest absolute Gasteiger partial charge is 0.392 e. The molecule has 11 heavy (non-hydrogen) atoms. The first-order valence-corrected chi connectivity index (χ1v) is 3.29. The van der Waals surface area contributed by atoms with Gasteiger partial charge in [-0.15, -0.1) is 0 Å². The lowest BCUT2D eigenvalue weighted by atomic mass is 10.3. The van der Waals surface area contributed by atoms with E-state index in [0.29, 0.717) is 0 Å². The molecular formula is C7H7N3O. The Balaban J connectivity index is 2.67. The number of aliphatic hydroxyl groups excluding tert-OH is 1. The lowest BCUT2D eigenvalue weighted by Gasteiger charge is -1.92. The van der Waals surface area contributed by atoms with Crippen LogP contribution in [0.3, 0.4) is 0 Å². The second-order valence-electron chi connectivity index (χ2n) is 2.30. The minimum Gasteiger partial charge on any atom is -0.392 e. The number of aromatic nitrogens is 3. The molecule has 4 nitrogen and oxygen atoms in total. The Hall–Kier alpha value is -1.42. The van der Waals surface area contributed by atoms with Crippen LogP contribution >= 0.6 is 0 Å². The predicted molar refractivity (Wildman–Crippen MR) is 39.8 cm³/mol. The van der Waals surface area contributed by atoms with Gasteiger partial charge in [0, 0.05) is 6.20 Å². The van der Waals surface area contributed by atoms with Crippen molar-refractivity contribution < 1.29 is 5.11 Å². The summed E-state index contributed by atoms with van der Waals surface area (Å²) in [6, 6.07) is 1.83. The molecule has 0 fully saturated rings. The van der Waals surface area contributed by atoms with Crippen LogP contribution in [0.25, 0.3) is 11.0 Å². The molecular weight excluding hydrogens is 142 g/mol. The van der Waals surface area contributed by atoms with Gasteiger partial charge in [-0.1, -0.05) is 0 Å². The van der Waals surface area contributed by atoms with Gasteiger partial charge >= 0.3 is 0 Å². The number of fused-ring (bicyclic) bond motifs is 1. The SMILES string of the molecule is OCc1cnc2cn[nH]c2c1. The van der Waals surface area contributed by atoms with Crippen LogP contribution in [0, 0.1) is 0 Å². The third-order valence-corrected chi connectivity index (χ3v) is 1.53. The number of hydrogen-bond acceptors (Lipinski definition) is 3. The van der Waals surface area contributed by atoms with E-state index < -0.39 is 0 Å². The van der Waals surface area contributed by atoms with Crippen LogP contribution in [-0.2, 0) is 6.61 Å². The summed E-state index contributed by atoms with van der Waals surface area (Å²) in [4.78, 5) is 4.06. The van der Waals surface area contributed by atoms with E-state index in [-0.39, 0.29) is 6.61 Å². The van der Waals surface area contributed by atoms with Crippen LogP contribution in [0.4, 0.5) is 0 Å². The summed E-state index contributed by atoms with van der Waals surface area (Å²) in [5, 5.41) is 15.3. The third kappa shape index (κ3) is 0.969. The zero-order chi connectivity index (χ0) is 7.68. The number of H-pyrrole nitrogens is 1. The Morgan fingerprint density at radius 2 is 2.36 bits per heavy atom. The fourth-order valence-corrected chi connectivity index (χ4v) is 0.960. The Morgan fingerprint density at radius 1 is 1.45 bits per heavy atom. The summed E-state index contributed by atoms with van der Waals surface area (Å²) in [5.74, 6) is 0. The van der Waals surface area contributed by atoms with Gasteiger partial charge in [0.25, 0.3) is 0 Å². The predicted octanol–water partition coefficient (Wildman–Crippen LogP) is 0.450. The molecule has 0 spiro atoms.